The van der Waals surface area contributed by atoms with Gasteiger partial charge in [0, 0.05) is 13.0 Å². The normalized spacial score (nSPS) is 11.6. The van der Waals surface area contributed by atoms with Crippen molar-refractivity contribution in [3.05, 3.63) is 0 Å². The van der Waals surface area contributed by atoms with Gasteiger partial charge in [-0.05, 0) is 19.5 Å². The summed E-state index contributed by atoms with van der Waals surface area (Å²) in [6.07, 6.45) is 0.779. The van der Waals surface area contributed by atoms with E-state index in [1.807, 2.05) is 19.9 Å². The highest BCUT2D eigenvalue weighted by Gasteiger charge is 2.11. The van der Waals surface area contributed by atoms with Gasteiger partial charge in [-0.2, -0.15) is 5.26 Å². The largest absolute Gasteiger partial charge is 0.303 e. The zero-order valence-electron chi connectivity index (χ0n) is 9.57. The molecule has 0 heterocycles. The zero-order valence-corrected chi connectivity index (χ0v) is 10.4. The van der Waals surface area contributed by atoms with E-state index in [-0.39, 0.29) is 11.5 Å². The van der Waals surface area contributed by atoms with Crippen molar-refractivity contribution in [1.29, 1.82) is 5.26 Å². The molecule has 88 valence electrons. The average Bonchev–Trinajstić information content (AvgIpc) is 2.19. The molecule has 0 spiro atoms. The van der Waals surface area contributed by atoms with Crippen LogP contribution in [0.25, 0.3) is 0 Å². The molecule has 0 saturated carbocycles. The highest BCUT2D eigenvalue weighted by atomic mass is 32.2. The van der Waals surface area contributed by atoms with Crippen LogP contribution in [-0.2, 0) is 9.84 Å². The lowest BCUT2D eigenvalue weighted by atomic mass is 10.4. The van der Waals surface area contributed by atoms with Crippen LogP contribution >= 0.6 is 0 Å². The lowest BCUT2D eigenvalue weighted by molar-refractivity contribution is 0.321. The van der Waals surface area contributed by atoms with E-state index in [4.69, 9.17) is 5.26 Å². The van der Waals surface area contributed by atoms with Crippen LogP contribution in [0.5, 0.6) is 0 Å². The van der Waals surface area contributed by atoms with Crippen LogP contribution in [0.4, 0.5) is 0 Å². The van der Waals surface area contributed by atoms with Crippen molar-refractivity contribution >= 4 is 9.84 Å². The maximum Gasteiger partial charge on any atom is 0.151 e. The summed E-state index contributed by atoms with van der Waals surface area (Å²) < 4.78 is 23.0. The Morgan fingerprint density at radius 2 is 1.80 bits per heavy atom. The van der Waals surface area contributed by atoms with E-state index < -0.39 is 9.84 Å². The monoisotopic (exact) mass is 232 g/mol. The van der Waals surface area contributed by atoms with Gasteiger partial charge in [-0.1, -0.05) is 13.8 Å². The van der Waals surface area contributed by atoms with E-state index in [1.54, 1.807) is 0 Å². The second kappa shape index (κ2) is 7.66. The van der Waals surface area contributed by atoms with E-state index in [9.17, 15) is 8.42 Å². The summed E-state index contributed by atoms with van der Waals surface area (Å²) in [6.45, 7) is 6.40. The molecule has 0 aliphatic rings. The smallest absolute Gasteiger partial charge is 0.151 e. The molecule has 0 aromatic rings. The van der Waals surface area contributed by atoms with Crippen LogP contribution in [0.3, 0.4) is 0 Å². The lowest BCUT2D eigenvalue weighted by Gasteiger charge is -2.17. The van der Waals surface area contributed by atoms with Crippen LogP contribution in [0.1, 0.15) is 26.7 Å². The quantitative estimate of drug-likeness (QED) is 0.587. The van der Waals surface area contributed by atoms with Crippen molar-refractivity contribution in [3.8, 4) is 6.07 Å². The Bertz CT molecular complexity index is 289. The average molecular weight is 232 g/mol. The summed E-state index contributed by atoms with van der Waals surface area (Å²) in [5, 5.41) is 8.30. The van der Waals surface area contributed by atoms with Gasteiger partial charge < -0.3 is 4.90 Å². The summed E-state index contributed by atoms with van der Waals surface area (Å²) in [7, 11) is -2.96. The van der Waals surface area contributed by atoms with Crippen LogP contribution in [-0.4, -0.2) is 44.5 Å². The number of nitrogens with zero attached hydrogens (tertiary/aromatic N) is 2. The van der Waals surface area contributed by atoms with Gasteiger partial charge in [-0.15, -0.1) is 0 Å². The maximum absolute atomic E-state index is 11.5. The fourth-order valence-corrected chi connectivity index (χ4v) is 2.61. The Morgan fingerprint density at radius 1 is 1.20 bits per heavy atom. The van der Waals surface area contributed by atoms with Gasteiger partial charge in [0.05, 0.1) is 17.6 Å². The molecule has 0 saturated heterocycles. The zero-order chi connectivity index (χ0) is 11.7. The molecule has 0 aliphatic heterocycles. The Hall–Kier alpha value is -0.600. The van der Waals surface area contributed by atoms with Crippen molar-refractivity contribution in [2.45, 2.75) is 26.7 Å². The number of hydrogen-bond acceptors (Lipinski definition) is 4. The van der Waals surface area contributed by atoms with Crippen LogP contribution in [0.15, 0.2) is 0 Å². The fraction of sp³-hybridized carbons (Fsp3) is 0.900. The lowest BCUT2D eigenvalue weighted by Crippen LogP contribution is -2.29. The number of hydrogen-bond donors (Lipinski definition) is 0. The third-order valence-corrected chi connectivity index (χ3v) is 4.07. The second-order valence-corrected chi connectivity index (χ2v) is 5.74. The van der Waals surface area contributed by atoms with Gasteiger partial charge in [0.25, 0.3) is 0 Å². The standard InChI is InChI=1S/C10H20N2O2S/c1-3-12(4-2)8-10-15(13,14)9-6-5-7-11/h3-6,8-10H2,1-2H3. The Kier molecular flexibility index (Phi) is 7.35. The van der Waals surface area contributed by atoms with Crippen molar-refractivity contribution in [2.75, 3.05) is 31.1 Å². The summed E-state index contributed by atoms with van der Waals surface area (Å²) in [5.74, 6) is 0.349. The molecule has 0 unspecified atom stereocenters. The summed E-state index contributed by atoms with van der Waals surface area (Å²) in [5.41, 5.74) is 0. The predicted molar refractivity (Wildman–Crippen MR) is 61.3 cm³/mol. The number of nitriles is 1. The number of sulfone groups is 1. The maximum atomic E-state index is 11.5. The number of unbranched alkanes of at least 4 members (excludes halogenated alkanes) is 1. The topological polar surface area (TPSA) is 61.2 Å². The van der Waals surface area contributed by atoms with Gasteiger partial charge in [0.2, 0.25) is 0 Å². The summed E-state index contributed by atoms with van der Waals surface area (Å²) in [4.78, 5) is 2.09. The van der Waals surface area contributed by atoms with Gasteiger partial charge in [0.15, 0.2) is 9.84 Å². The van der Waals surface area contributed by atoms with Crippen LogP contribution in [0.2, 0.25) is 0 Å². The van der Waals surface area contributed by atoms with E-state index in [0.29, 0.717) is 19.4 Å². The van der Waals surface area contributed by atoms with E-state index in [0.717, 1.165) is 13.1 Å². The fourth-order valence-electron chi connectivity index (χ4n) is 1.28. The molecule has 4 nitrogen and oxygen atoms in total. The highest BCUT2D eigenvalue weighted by molar-refractivity contribution is 7.91. The first kappa shape index (κ1) is 14.4. The van der Waals surface area contributed by atoms with Gasteiger partial charge in [-0.3, -0.25) is 0 Å². The molecule has 0 fully saturated rings. The first-order chi connectivity index (χ1) is 7.05. The third-order valence-electron chi connectivity index (χ3n) is 2.36. The van der Waals surface area contributed by atoms with E-state index >= 15 is 0 Å². The molecule has 0 rings (SSSR count). The molecule has 0 aliphatic carbocycles. The molecular formula is C10H20N2O2S. The molecule has 0 aromatic heterocycles. The molecule has 15 heavy (non-hydrogen) atoms. The van der Waals surface area contributed by atoms with Crippen molar-refractivity contribution in [2.24, 2.45) is 0 Å². The molecule has 0 aromatic carbocycles. The van der Waals surface area contributed by atoms with Crippen molar-refractivity contribution in [3.63, 3.8) is 0 Å². The second-order valence-electron chi connectivity index (χ2n) is 3.44. The minimum Gasteiger partial charge on any atom is -0.303 e. The first-order valence-corrected chi connectivity index (χ1v) is 7.17. The molecular weight excluding hydrogens is 212 g/mol. The van der Waals surface area contributed by atoms with Gasteiger partial charge >= 0.3 is 0 Å². The summed E-state index contributed by atoms with van der Waals surface area (Å²) in [6, 6.07) is 1.95. The molecule has 0 atom stereocenters. The SMILES string of the molecule is CCN(CC)CCS(=O)(=O)CCCC#N. The van der Waals surface area contributed by atoms with E-state index in [2.05, 4.69) is 4.90 Å². The Balaban J connectivity index is 3.89. The Morgan fingerprint density at radius 3 is 2.27 bits per heavy atom. The van der Waals surface area contributed by atoms with Gasteiger partial charge in [-0.25, -0.2) is 8.42 Å². The Labute approximate surface area is 92.8 Å². The van der Waals surface area contributed by atoms with Crippen molar-refractivity contribution in [1.82, 2.24) is 4.90 Å². The number of rotatable bonds is 8. The molecule has 0 radical (unpaired) electrons. The highest BCUT2D eigenvalue weighted by Crippen LogP contribution is 1.98. The minimum absolute atomic E-state index is 0.141. The van der Waals surface area contributed by atoms with Crippen LogP contribution < -0.4 is 0 Å². The minimum atomic E-state index is -2.96. The molecule has 0 bridgehead atoms. The van der Waals surface area contributed by atoms with Crippen molar-refractivity contribution < 1.29 is 8.42 Å². The predicted octanol–water partition coefficient (Wildman–Crippen LogP) is 1.05. The molecule has 0 N–H and O–H groups in total. The van der Waals surface area contributed by atoms with E-state index in [1.165, 1.54) is 0 Å². The molecule has 5 heteroatoms. The van der Waals surface area contributed by atoms with Gasteiger partial charge in [0.1, 0.15) is 0 Å². The molecule has 0 amide bonds. The summed E-state index contributed by atoms with van der Waals surface area (Å²) >= 11 is 0. The van der Waals surface area contributed by atoms with Crippen LogP contribution in [0, 0.1) is 11.3 Å². The third kappa shape index (κ3) is 7.34. The first-order valence-electron chi connectivity index (χ1n) is 5.35.